The van der Waals surface area contributed by atoms with Crippen molar-refractivity contribution in [3.8, 4) is 0 Å². The van der Waals surface area contributed by atoms with Gasteiger partial charge in [0.25, 0.3) is 11.1 Å². The molecule has 0 radical (unpaired) electrons. The van der Waals surface area contributed by atoms with Crippen molar-refractivity contribution in [2.24, 2.45) is 0 Å². The Kier molecular flexibility index (Phi) is 7.07. The molecule has 0 atom stereocenters. The van der Waals surface area contributed by atoms with Crippen LogP contribution in [0.1, 0.15) is 22.8 Å². The van der Waals surface area contributed by atoms with Crippen molar-refractivity contribution in [3.05, 3.63) is 69.0 Å². The van der Waals surface area contributed by atoms with Crippen LogP contribution in [0, 0.1) is 0 Å². The van der Waals surface area contributed by atoms with E-state index in [2.05, 4.69) is 21.2 Å². The number of rotatable bonds is 6. The molecule has 1 aliphatic rings. The van der Waals surface area contributed by atoms with E-state index in [1.807, 2.05) is 24.3 Å². The van der Waals surface area contributed by atoms with Crippen molar-refractivity contribution in [1.29, 1.82) is 0 Å². The molecular weight excluding hydrogens is 472 g/mol. The van der Waals surface area contributed by atoms with Crippen molar-refractivity contribution >= 4 is 62.5 Å². The first kappa shape index (κ1) is 21.8. The Bertz CT molecular complexity index is 1020. The number of halogens is 1. The molecule has 0 spiro atoms. The van der Waals surface area contributed by atoms with Crippen LogP contribution in [0.2, 0.25) is 0 Å². The van der Waals surface area contributed by atoms with Gasteiger partial charge < -0.3 is 10.1 Å². The van der Waals surface area contributed by atoms with Crippen molar-refractivity contribution < 1.29 is 23.9 Å². The number of hydrogen-bond acceptors (Lipinski definition) is 6. The molecule has 0 aliphatic carbocycles. The minimum atomic E-state index is -0.522. The lowest BCUT2D eigenvalue weighted by molar-refractivity contribution is -0.127. The number of amides is 3. The normalized spacial score (nSPS) is 14.9. The number of esters is 1. The molecule has 3 rings (SSSR count). The highest BCUT2D eigenvalue weighted by molar-refractivity contribution is 9.10. The standard InChI is InChI=1S/C21H17BrN2O5S/c1-2-29-20(27)14-5-9-16(10-6-14)23-18(25)12-24-19(26)17(30-21(24)28)11-13-3-7-15(22)8-4-13/h3-11H,2,12H2,1H3,(H,23,25)/b17-11+. The summed E-state index contributed by atoms with van der Waals surface area (Å²) in [5.41, 5.74) is 1.57. The maximum absolute atomic E-state index is 12.5. The highest BCUT2D eigenvalue weighted by atomic mass is 79.9. The molecule has 1 N–H and O–H groups in total. The molecular formula is C21H17BrN2O5S. The Balaban J connectivity index is 1.62. The fourth-order valence-electron chi connectivity index (χ4n) is 2.59. The molecule has 154 valence electrons. The van der Waals surface area contributed by atoms with E-state index in [4.69, 9.17) is 4.74 Å². The third kappa shape index (κ3) is 5.37. The molecule has 0 aromatic heterocycles. The van der Waals surface area contributed by atoms with E-state index in [1.54, 1.807) is 25.1 Å². The number of hydrogen-bond donors (Lipinski definition) is 1. The lowest BCUT2D eigenvalue weighted by Gasteiger charge is -2.12. The zero-order chi connectivity index (χ0) is 21.7. The number of anilines is 1. The summed E-state index contributed by atoms with van der Waals surface area (Å²) in [5.74, 6) is -1.49. The highest BCUT2D eigenvalue weighted by Gasteiger charge is 2.36. The topological polar surface area (TPSA) is 92.8 Å². The number of benzene rings is 2. The molecule has 1 saturated heterocycles. The minimum absolute atomic E-state index is 0.258. The van der Waals surface area contributed by atoms with Gasteiger partial charge in [-0.3, -0.25) is 19.3 Å². The molecule has 2 aromatic rings. The van der Waals surface area contributed by atoms with Gasteiger partial charge in [-0.15, -0.1) is 0 Å². The minimum Gasteiger partial charge on any atom is -0.462 e. The van der Waals surface area contributed by atoms with Crippen LogP contribution < -0.4 is 5.32 Å². The van der Waals surface area contributed by atoms with E-state index in [1.165, 1.54) is 12.1 Å². The monoisotopic (exact) mass is 488 g/mol. The van der Waals surface area contributed by atoms with Gasteiger partial charge in [-0.25, -0.2) is 4.79 Å². The lowest BCUT2D eigenvalue weighted by Crippen LogP contribution is -2.36. The predicted molar refractivity (Wildman–Crippen MR) is 118 cm³/mol. The van der Waals surface area contributed by atoms with Crippen LogP contribution in [-0.4, -0.2) is 41.1 Å². The Hall–Kier alpha value is -2.91. The first-order valence-electron chi connectivity index (χ1n) is 8.95. The molecule has 30 heavy (non-hydrogen) atoms. The van der Waals surface area contributed by atoms with Crippen LogP contribution in [0.5, 0.6) is 0 Å². The SMILES string of the molecule is CCOC(=O)c1ccc(NC(=O)CN2C(=O)S/C(=C/c3ccc(Br)cc3)C2=O)cc1. The van der Waals surface area contributed by atoms with Crippen molar-refractivity contribution in [2.75, 3.05) is 18.5 Å². The number of carbonyl (C=O) groups is 4. The number of nitrogens with one attached hydrogen (secondary N) is 1. The third-order valence-electron chi connectivity index (χ3n) is 4.02. The summed E-state index contributed by atoms with van der Waals surface area (Å²) in [7, 11) is 0. The number of carbonyl (C=O) groups excluding carboxylic acids is 4. The highest BCUT2D eigenvalue weighted by Crippen LogP contribution is 2.32. The van der Waals surface area contributed by atoms with E-state index in [9.17, 15) is 19.2 Å². The van der Waals surface area contributed by atoms with E-state index in [0.29, 0.717) is 11.3 Å². The summed E-state index contributed by atoms with van der Waals surface area (Å²) < 4.78 is 5.80. The molecule has 2 aromatic carbocycles. The van der Waals surface area contributed by atoms with Crippen LogP contribution in [-0.2, 0) is 14.3 Å². The average Bonchev–Trinajstić information content (AvgIpc) is 2.98. The second-order valence-corrected chi connectivity index (χ2v) is 8.07. The average molecular weight is 489 g/mol. The Morgan fingerprint density at radius 3 is 2.40 bits per heavy atom. The Labute approximate surface area is 185 Å². The van der Waals surface area contributed by atoms with Crippen LogP contribution in [0.15, 0.2) is 57.9 Å². The zero-order valence-electron chi connectivity index (χ0n) is 15.9. The molecule has 0 saturated carbocycles. The molecule has 1 fully saturated rings. The van der Waals surface area contributed by atoms with Crippen molar-refractivity contribution in [2.45, 2.75) is 6.92 Å². The predicted octanol–water partition coefficient (Wildman–Crippen LogP) is 4.30. The Morgan fingerprint density at radius 2 is 1.77 bits per heavy atom. The van der Waals surface area contributed by atoms with Crippen LogP contribution >= 0.6 is 27.7 Å². The van der Waals surface area contributed by atoms with Gasteiger partial charge in [-0.2, -0.15) is 0 Å². The first-order chi connectivity index (χ1) is 14.4. The summed E-state index contributed by atoms with van der Waals surface area (Å²) >= 11 is 4.13. The quantitative estimate of drug-likeness (QED) is 0.481. The van der Waals surface area contributed by atoms with Gasteiger partial charge in [0.2, 0.25) is 5.91 Å². The molecule has 0 unspecified atom stereocenters. The van der Waals surface area contributed by atoms with Gasteiger partial charge in [0, 0.05) is 10.2 Å². The smallest absolute Gasteiger partial charge is 0.338 e. The molecule has 9 heteroatoms. The largest absolute Gasteiger partial charge is 0.462 e. The lowest BCUT2D eigenvalue weighted by atomic mass is 10.2. The molecule has 0 bridgehead atoms. The van der Waals surface area contributed by atoms with Gasteiger partial charge in [0.1, 0.15) is 6.54 Å². The van der Waals surface area contributed by atoms with Gasteiger partial charge >= 0.3 is 5.97 Å². The van der Waals surface area contributed by atoms with Gasteiger partial charge in [0.05, 0.1) is 17.1 Å². The zero-order valence-corrected chi connectivity index (χ0v) is 18.3. The summed E-state index contributed by atoms with van der Waals surface area (Å²) in [5, 5.41) is 2.10. The number of ether oxygens (including phenoxy) is 1. The molecule has 3 amide bonds. The van der Waals surface area contributed by atoms with Gasteiger partial charge in [-0.1, -0.05) is 28.1 Å². The fourth-order valence-corrected chi connectivity index (χ4v) is 3.70. The van der Waals surface area contributed by atoms with E-state index < -0.39 is 29.6 Å². The number of imide groups is 1. The fraction of sp³-hybridized carbons (Fsp3) is 0.143. The molecule has 7 nitrogen and oxygen atoms in total. The van der Waals surface area contributed by atoms with Crippen LogP contribution in [0.25, 0.3) is 6.08 Å². The maximum Gasteiger partial charge on any atom is 0.338 e. The second kappa shape index (κ2) is 9.73. The van der Waals surface area contributed by atoms with Crippen LogP contribution in [0.3, 0.4) is 0 Å². The third-order valence-corrected chi connectivity index (χ3v) is 5.46. The van der Waals surface area contributed by atoms with Gasteiger partial charge in [0.15, 0.2) is 0 Å². The van der Waals surface area contributed by atoms with Crippen molar-refractivity contribution in [1.82, 2.24) is 4.90 Å². The van der Waals surface area contributed by atoms with Gasteiger partial charge in [-0.05, 0) is 66.7 Å². The maximum atomic E-state index is 12.5. The van der Waals surface area contributed by atoms with E-state index in [-0.39, 0.29) is 11.5 Å². The van der Waals surface area contributed by atoms with E-state index in [0.717, 1.165) is 26.7 Å². The first-order valence-corrected chi connectivity index (χ1v) is 10.6. The summed E-state index contributed by atoms with van der Waals surface area (Å²) in [6, 6.07) is 13.4. The van der Waals surface area contributed by atoms with Crippen molar-refractivity contribution in [3.63, 3.8) is 0 Å². The summed E-state index contributed by atoms with van der Waals surface area (Å²) in [4.78, 5) is 49.8. The van der Waals surface area contributed by atoms with Crippen LogP contribution in [0.4, 0.5) is 10.5 Å². The molecule has 1 aliphatic heterocycles. The molecule has 1 heterocycles. The second-order valence-electron chi connectivity index (χ2n) is 6.17. The van der Waals surface area contributed by atoms with E-state index >= 15 is 0 Å². The Morgan fingerprint density at radius 1 is 1.10 bits per heavy atom. The number of thioether (sulfide) groups is 1. The summed E-state index contributed by atoms with van der Waals surface area (Å²) in [6.07, 6.45) is 1.61. The number of nitrogens with zero attached hydrogens (tertiary/aromatic N) is 1. The summed E-state index contributed by atoms with van der Waals surface area (Å²) in [6.45, 7) is 1.58.